The third-order valence-corrected chi connectivity index (χ3v) is 4.68. The molecule has 1 rings (SSSR count). The van der Waals surface area contributed by atoms with Gasteiger partial charge in [-0.05, 0) is 43.1 Å². The van der Waals surface area contributed by atoms with Crippen LogP contribution in [0.2, 0.25) is 5.02 Å². The van der Waals surface area contributed by atoms with Crippen molar-refractivity contribution in [3.05, 3.63) is 34.6 Å². The molecule has 1 nitrogen and oxygen atoms in total. The number of nitrogens with one attached hydrogen (secondary N) is 1. The summed E-state index contributed by atoms with van der Waals surface area (Å²) in [5, 5.41) is 4.18. The summed E-state index contributed by atoms with van der Waals surface area (Å²) < 4.78 is 13.6. The fourth-order valence-electron chi connectivity index (χ4n) is 1.85. The Labute approximate surface area is 131 Å². The minimum Gasteiger partial charge on any atom is -0.313 e. The first-order chi connectivity index (χ1) is 9.31. The van der Waals surface area contributed by atoms with Crippen molar-refractivity contribution in [3.63, 3.8) is 0 Å². The first-order valence-corrected chi connectivity index (χ1v) is 8.49. The van der Waals surface area contributed by atoms with Crippen molar-refractivity contribution >= 4 is 23.4 Å². The fraction of sp³-hybridized carbons (Fsp3) is 0.625. The SMILES string of the molecule is CCCNC(CSC(C)(C)C)Cc1cc(F)ccc1Cl. The second-order valence-corrected chi connectivity index (χ2v) is 8.27. The molecule has 20 heavy (non-hydrogen) atoms. The van der Waals surface area contributed by atoms with Gasteiger partial charge in [0.1, 0.15) is 5.82 Å². The predicted molar refractivity (Wildman–Crippen MR) is 89.4 cm³/mol. The summed E-state index contributed by atoms with van der Waals surface area (Å²) in [5.74, 6) is 0.776. The van der Waals surface area contributed by atoms with E-state index in [1.807, 2.05) is 11.8 Å². The second kappa shape index (κ2) is 8.26. The van der Waals surface area contributed by atoms with E-state index >= 15 is 0 Å². The third kappa shape index (κ3) is 6.96. The van der Waals surface area contributed by atoms with Gasteiger partial charge in [0.15, 0.2) is 0 Å². The highest BCUT2D eigenvalue weighted by atomic mass is 35.5. The molecule has 0 heterocycles. The van der Waals surface area contributed by atoms with Gasteiger partial charge in [0.05, 0.1) is 0 Å². The lowest BCUT2D eigenvalue weighted by atomic mass is 10.1. The summed E-state index contributed by atoms with van der Waals surface area (Å²) >= 11 is 8.09. The average Bonchev–Trinajstić information content (AvgIpc) is 2.36. The van der Waals surface area contributed by atoms with E-state index < -0.39 is 0 Å². The molecule has 4 heteroatoms. The van der Waals surface area contributed by atoms with Crippen LogP contribution in [0.5, 0.6) is 0 Å². The molecule has 1 aromatic carbocycles. The Morgan fingerprint density at radius 1 is 1.35 bits per heavy atom. The van der Waals surface area contributed by atoms with Gasteiger partial charge >= 0.3 is 0 Å². The summed E-state index contributed by atoms with van der Waals surface area (Å²) in [6, 6.07) is 4.91. The lowest BCUT2D eigenvalue weighted by molar-refractivity contribution is 0.546. The first kappa shape index (κ1) is 17.8. The number of benzene rings is 1. The monoisotopic (exact) mass is 317 g/mol. The van der Waals surface area contributed by atoms with Crippen LogP contribution in [0.4, 0.5) is 4.39 Å². The Balaban J connectivity index is 2.70. The topological polar surface area (TPSA) is 12.0 Å². The maximum Gasteiger partial charge on any atom is 0.123 e. The Hall–Kier alpha value is -0.250. The van der Waals surface area contributed by atoms with E-state index in [9.17, 15) is 4.39 Å². The Kier molecular flexibility index (Phi) is 7.35. The molecular formula is C16H25ClFNS. The average molecular weight is 318 g/mol. The van der Waals surface area contributed by atoms with Gasteiger partial charge in [-0.2, -0.15) is 11.8 Å². The van der Waals surface area contributed by atoms with E-state index in [-0.39, 0.29) is 10.6 Å². The van der Waals surface area contributed by atoms with Crippen molar-refractivity contribution < 1.29 is 4.39 Å². The fourth-order valence-corrected chi connectivity index (χ4v) is 2.99. The van der Waals surface area contributed by atoms with Crippen LogP contribution in [0.1, 0.15) is 39.7 Å². The molecule has 0 radical (unpaired) electrons. The minimum absolute atomic E-state index is 0.220. The maximum atomic E-state index is 13.3. The Morgan fingerprint density at radius 2 is 2.05 bits per heavy atom. The summed E-state index contributed by atoms with van der Waals surface area (Å²) in [6.07, 6.45) is 1.85. The molecule has 0 aliphatic heterocycles. The van der Waals surface area contributed by atoms with Gasteiger partial charge in [0.25, 0.3) is 0 Å². The lowest BCUT2D eigenvalue weighted by Crippen LogP contribution is -2.35. The molecule has 0 saturated carbocycles. The molecule has 1 N–H and O–H groups in total. The standard InChI is InChI=1S/C16H25ClFNS/c1-5-8-19-14(11-20-16(2,3)4)10-12-9-13(18)6-7-15(12)17/h6-7,9,14,19H,5,8,10-11H2,1-4H3. The normalized spacial score (nSPS) is 13.5. The van der Waals surface area contributed by atoms with Gasteiger partial charge in [0.2, 0.25) is 0 Å². The van der Waals surface area contributed by atoms with Crippen LogP contribution in [-0.4, -0.2) is 23.1 Å². The molecule has 0 fully saturated rings. The van der Waals surface area contributed by atoms with E-state index in [1.54, 1.807) is 12.1 Å². The zero-order valence-electron chi connectivity index (χ0n) is 12.8. The van der Waals surface area contributed by atoms with E-state index in [0.717, 1.165) is 30.7 Å². The van der Waals surface area contributed by atoms with Crippen LogP contribution < -0.4 is 5.32 Å². The number of hydrogen-bond donors (Lipinski definition) is 1. The molecule has 0 bridgehead atoms. The highest BCUT2D eigenvalue weighted by Crippen LogP contribution is 2.26. The molecule has 0 aliphatic carbocycles. The van der Waals surface area contributed by atoms with Crippen LogP contribution in [0.15, 0.2) is 18.2 Å². The zero-order valence-corrected chi connectivity index (χ0v) is 14.4. The van der Waals surface area contributed by atoms with Crippen molar-refractivity contribution in [2.24, 2.45) is 0 Å². The minimum atomic E-state index is -0.220. The highest BCUT2D eigenvalue weighted by Gasteiger charge is 2.17. The molecule has 0 aromatic heterocycles. The molecule has 1 atom stereocenters. The molecule has 114 valence electrons. The Bertz CT molecular complexity index is 417. The number of hydrogen-bond acceptors (Lipinski definition) is 2. The largest absolute Gasteiger partial charge is 0.313 e. The van der Waals surface area contributed by atoms with Crippen LogP contribution in [0.25, 0.3) is 0 Å². The summed E-state index contributed by atoms with van der Waals surface area (Å²) in [4.78, 5) is 0. The summed E-state index contributed by atoms with van der Waals surface area (Å²) in [7, 11) is 0. The number of halogens is 2. The van der Waals surface area contributed by atoms with Gasteiger partial charge < -0.3 is 5.32 Å². The molecule has 1 unspecified atom stereocenters. The second-order valence-electron chi connectivity index (χ2n) is 6.01. The molecule has 0 amide bonds. The van der Waals surface area contributed by atoms with Crippen LogP contribution in [0, 0.1) is 5.82 Å². The molecular weight excluding hydrogens is 293 g/mol. The van der Waals surface area contributed by atoms with Gasteiger partial charge in [-0.1, -0.05) is 39.3 Å². The van der Waals surface area contributed by atoms with Gasteiger partial charge in [-0.3, -0.25) is 0 Å². The van der Waals surface area contributed by atoms with Crippen LogP contribution in [-0.2, 0) is 6.42 Å². The molecule has 0 spiro atoms. The van der Waals surface area contributed by atoms with Gasteiger partial charge in [-0.15, -0.1) is 0 Å². The number of thioether (sulfide) groups is 1. The first-order valence-electron chi connectivity index (χ1n) is 7.13. The number of rotatable bonds is 7. The van der Waals surface area contributed by atoms with Crippen molar-refractivity contribution in [3.8, 4) is 0 Å². The van der Waals surface area contributed by atoms with Crippen molar-refractivity contribution in [1.29, 1.82) is 0 Å². The highest BCUT2D eigenvalue weighted by molar-refractivity contribution is 8.00. The quantitative estimate of drug-likeness (QED) is 0.766. The van der Waals surface area contributed by atoms with Crippen molar-refractivity contribution in [1.82, 2.24) is 5.32 Å². The predicted octanol–water partition coefficient (Wildman–Crippen LogP) is 4.92. The third-order valence-electron chi connectivity index (χ3n) is 2.87. The smallest absolute Gasteiger partial charge is 0.123 e. The summed E-state index contributed by atoms with van der Waals surface area (Å²) in [5.41, 5.74) is 0.884. The lowest BCUT2D eigenvalue weighted by Gasteiger charge is -2.24. The van der Waals surface area contributed by atoms with Crippen LogP contribution in [0.3, 0.4) is 0 Å². The molecule has 0 saturated heterocycles. The molecule has 1 aromatic rings. The van der Waals surface area contributed by atoms with Crippen LogP contribution >= 0.6 is 23.4 Å². The van der Waals surface area contributed by atoms with Crippen molar-refractivity contribution in [2.75, 3.05) is 12.3 Å². The van der Waals surface area contributed by atoms with E-state index in [2.05, 4.69) is 33.0 Å². The molecule has 0 aliphatic rings. The van der Waals surface area contributed by atoms with E-state index in [0.29, 0.717) is 11.1 Å². The van der Waals surface area contributed by atoms with E-state index in [4.69, 9.17) is 11.6 Å². The Morgan fingerprint density at radius 3 is 2.65 bits per heavy atom. The zero-order chi connectivity index (χ0) is 15.2. The van der Waals surface area contributed by atoms with Gasteiger partial charge in [0, 0.05) is 21.6 Å². The van der Waals surface area contributed by atoms with E-state index in [1.165, 1.54) is 6.07 Å². The summed E-state index contributed by atoms with van der Waals surface area (Å²) in [6.45, 7) is 9.76. The van der Waals surface area contributed by atoms with Gasteiger partial charge in [-0.25, -0.2) is 4.39 Å². The maximum absolute atomic E-state index is 13.3. The van der Waals surface area contributed by atoms with Crippen molar-refractivity contribution in [2.45, 2.75) is 51.3 Å².